The minimum Gasteiger partial charge on any atom is -1.00 e. The molecule has 42 heavy (non-hydrogen) atoms. The van der Waals surface area contributed by atoms with Crippen LogP contribution in [0.5, 0.6) is 0 Å². The SMILES string of the molecule is CC1C(c2ccccc2)=[C]([Zr+2][CH]2C(c3cc(C(F)(F)F)cc(C(F)(F)F)c3)=Cc3ccccc32)c2ccccc21.[Cl-].[Cl-]. The summed E-state index contributed by atoms with van der Waals surface area (Å²) in [6.07, 6.45) is -8.02. The zero-order valence-corrected chi connectivity index (χ0v) is 26.0. The van der Waals surface area contributed by atoms with Gasteiger partial charge in [0.2, 0.25) is 0 Å². The van der Waals surface area contributed by atoms with Gasteiger partial charge in [0.05, 0.1) is 0 Å². The molecule has 6 rings (SSSR count). The van der Waals surface area contributed by atoms with Crippen LogP contribution >= 0.6 is 0 Å². The molecule has 0 saturated carbocycles. The summed E-state index contributed by atoms with van der Waals surface area (Å²) in [5.41, 5.74) is 4.38. The topological polar surface area (TPSA) is 0 Å². The quantitative estimate of drug-likeness (QED) is 0.283. The van der Waals surface area contributed by atoms with Crippen LogP contribution in [0.4, 0.5) is 26.3 Å². The van der Waals surface area contributed by atoms with Gasteiger partial charge in [-0.05, 0) is 0 Å². The second kappa shape index (κ2) is 12.2. The third kappa shape index (κ3) is 5.93. The zero-order chi connectivity index (χ0) is 28.2. The van der Waals surface area contributed by atoms with Gasteiger partial charge in [0.25, 0.3) is 0 Å². The molecule has 0 saturated heterocycles. The van der Waals surface area contributed by atoms with Crippen LogP contribution in [-0.2, 0) is 35.6 Å². The first kappa shape index (κ1) is 32.3. The monoisotopic (exact) mass is 692 g/mol. The van der Waals surface area contributed by atoms with Crippen LogP contribution < -0.4 is 24.8 Å². The fraction of sp³-hybridized carbons (Fsp3) is 0.152. The van der Waals surface area contributed by atoms with Crippen molar-refractivity contribution < 1.29 is 74.4 Å². The van der Waals surface area contributed by atoms with Gasteiger partial charge in [-0.1, -0.05) is 0 Å². The maximum atomic E-state index is 13.8. The summed E-state index contributed by atoms with van der Waals surface area (Å²) in [5.74, 6) is 0.129. The zero-order valence-electron chi connectivity index (χ0n) is 22.0. The number of hydrogen-bond donors (Lipinski definition) is 0. The number of rotatable bonds is 4. The minimum atomic E-state index is -4.90. The van der Waals surface area contributed by atoms with E-state index in [9.17, 15) is 26.3 Å². The number of halogens is 8. The Kier molecular flexibility index (Phi) is 9.38. The molecule has 214 valence electrons. The predicted octanol–water partition coefficient (Wildman–Crippen LogP) is 4.10. The molecule has 9 heteroatoms. The summed E-state index contributed by atoms with van der Waals surface area (Å²) in [5, 5.41) is 0. The number of allylic oxidation sites excluding steroid dienone is 2. The Balaban J connectivity index is 0.00000202. The van der Waals surface area contributed by atoms with Crippen LogP contribution in [0.1, 0.15) is 61.0 Å². The van der Waals surface area contributed by atoms with Crippen molar-refractivity contribution in [2.75, 3.05) is 0 Å². The molecule has 4 aromatic carbocycles. The van der Waals surface area contributed by atoms with Crippen molar-refractivity contribution in [3.05, 3.63) is 142 Å². The second-order valence-corrected chi connectivity index (χ2v) is 13.4. The molecule has 0 aliphatic heterocycles. The molecule has 0 nitrogen and oxygen atoms in total. The molecule has 0 N–H and O–H groups in total. The van der Waals surface area contributed by atoms with E-state index in [1.165, 1.54) is 14.4 Å². The third-order valence-electron chi connectivity index (χ3n) is 7.62. The summed E-state index contributed by atoms with van der Waals surface area (Å²) >= 11 is -1.70. The van der Waals surface area contributed by atoms with E-state index in [2.05, 4.69) is 31.2 Å². The Labute approximate surface area is 263 Å². The number of alkyl halides is 6. The predicted molar refractivity (Wildman–Crippen MR) is 142 cm³/mol. The standard InChI is InChI=1S/C17H9F6.C16H13.2ClH.Zr/c18-16(19,20)14-7-13(8-15(9-14)17(21,22)23)12-5-10-3-1-2-4-11(10)6-12;1-12-15-10-6-5-9-14(15)11-16(12)13-7-3-2-4-8-13;;;/h1-9H;2-10,12H,1H3;2*1H;/q;;;;+2/p-2. The van der Waals surface area contributed by atoms with E-state index in [0.717, 1.165) is 34.4 Å². The van der Waals surface area contributed by atoms with Crippen LogP contribution in [0.15, 0.2) is 97.1 Å². The molecule has 0 aromatic heterocycles. The van der Waals surface area contributed by atoms with Crippen molar-refractivity contribution in [2.45, 2.75) is 28.8 Å². The molecule has 2 aliphatic rings. The molecule has 0 amide bonds. The van der Waals surface area contributed by atoms with Crippen molar-refractivity contribution in [1.29, 1.82) is 0 Å². The first-order chi connectivity index (χ1) is 19.0. The van der Waals surface area contributed by atoms with Crippen LogP contribution in [-0.4, -0.2) is 0 Å². The van der Waals surface area contributed by atoms with Crippen LogP contribution in [0.25, 0.3) is 20.5 Å². The van der Waals surface area contributed by atoms with Crippen molar-refractivity contribution >= 4 is 20.5 Å². The fourth-order valence-electron chi connectivity index (χ4n) is 5.78. The summed E-state index contributed by atoms with van der Waals surface area (Å²) < 4.78 is 83.6. The Morgan fingerprint density at radius 3 is 1.79 bits per heavy atom. The van der Waals surface area contributed by atoms with Crippen molar-refractivity contribution in [3.8, 4) is 0 Å². The summed E-state index contributed by atoms with van der Waals surface area (Å²) in [4.78, 5) is 0. The average molecular weight is 695 g/mol. The van der Waals surface area contributed by atoms with E-state index in [1.807, 2.05) is 54.6 Å². The minimum absolute atomic E-state index is 0. The maximum Gasteiger partial charge on any atom is -1.00 e. The molecule has 0 radical (unpaired) electrons. The Morgan fingerprint density at radius 2 is 1.17 bits per heavy atom. The van der Waals surface area contributed by atoms with Crippen LogP contribution in [0, 0.1) is 0 Å². The van der Waals surface area contributed by atoms with Gasteiger partial charge >= 0.3 is 240 Å². The van der Waals surface area contributed by atoms with Gasteiger partial charge in [-0.3, -0.25) is 0 Å². The Bertz CT molecular complexity index is 1640. The largest absolute Gasteiger partial charge is 1.00 e. The Morgan fingerprint density at radius 1 is 0.619 bits per heavy atom. The fourth-order valence-corrected chi connectivity index (χ4v) is 10.7. The molecule has 0 bridgehead atoms. The third-order valence-corrected chi connectivity index (χ3v) is 11.9. The van der Waals surface area contributed by atoms with Gasteiger partial charge in [-0.25, -0.2) is 0 Å². The van der Waals surface area contributed by atoms with E-state index >= 15 is 0 Å². The van der Waals surface area contributed by atoms with Gasteiger partial charge < -0.3 is 24.8 Å². The van der Waals surface area contributed by atoms with E-state index in [1.54, 1.807) is 6.08 Å². The van der Waals surface area contributed by atoms with E-state index in [-0.39, 0.29) is 46.0 Å². The van der Waals surface area contributed by atoms with E-state index in [4.69, 9.17) is 0 Å². The molecular weight excluding hydrogens is 672 g/mol. The summed E-state index contributed by atoms with van der Waals surface area (Å²) in [6, 6.07) is 27.8. The van der Waals surface area contributed by atoms with Crippen molar-refractivity contribution in [1.82, 2.24) is 0 Å². The van der Waals surface area contributed by atoms with Crippen molar-refractivity contribution in [3.63, 3.8) is 0 Å². The molecule has 0 spiro atoms. The van der Waals surface area contributed by atoms with Crippen molar-refractivity contribution in [2.24, 2.45) is 0 Å². The molecule has 0 heterocycles. The smallest absolute Gasteiger partial charge is 1.00 e. The van der Waals surface area contributed by atoms with Crippen LogP contribution in [0.2, 0.25) is 0 Å². The normalized spacial score (nSPS) is 17.5. The van der Waals surface area contributed by atoms with Gasteiger partial charge in [0, 0.05) is 0 Å². The van der Waals surface area contributed by atoms with Gasteiger partial charge in [0.15, 0.2) is 0 Å². The number of benzene rings is 4. The molecule has 0 fully saturated rings. The van der Waals surface area contributed by atoms with E-state index < -0.39 is 46.7 Å². The molecule has 2 aliphatic carbocycles. The Hall–Kier alpha value is -2.60. The second-order valence-electron chi connectivity index (χ2n) is 10.1. The summed E-state index contributed by atoms with van der Waals surface area (Å²) in [6.45, 7) is 2.16. The first-order valence-corrected chi connectivity index (χ1v) is 15.4. The molecule has 2 atom stereocenters. The van der Waals surface area contributed by atoms with Gasteiger partial charge in [-0.2, -0.15) is 0 Å². The average Bonchev–Trinajstić information content (AvgIpc) is 3.43. The van der Waals surface area contributed by atoms with Gasteiger partial charge in [0.1, 0.15) is 0 Å². The molecule has 4 aromatic rings. The maximum absolute atomic E-state index is 13.8. The van der Waals surface area contributed by atoms with Gasteiger partial charge in [-0.15, -0.1) is 0 Å². The molecular formula is C33H22Cl2F6Zr. The number of hydrogen-bond acceptors (Lipinski definition) is 0. The molecule has 2 unspecified atom stereocenters. The number of fused-ring (bicyclic) bond motifs is 2. The van der Waals surface area contributed by atoms with Crippen LogP contribution in [0.3, 0.4) is 0 Å². The van der Waals surface area contributed by atoms with E-state index in [0.29, 0.717) is 5.57 Å². The summed E-state index contributed by atoms with van der Waals surface area (Å²) in [7, 11) is 0. The first-order valence-electron chi connectivity index (χ1n) is 12.8.